The lowest BCUT2D eigenvalue weighted by Crippen LogP contribution is -2.49. The first kappa shape index (κ1) is 22.2. The molecular formula is C17H33ClN2O3. The van der Waals surface area contributed by atoms with Gasteiger partial charge in [-0.2, -0.15) is 0 Å². The maximum absolute atomic E-state index is 12.3. The number of carbonyl (C=O) groups excluding carboxylic acids is 2. The highest BCUT2D eigenvalue weighted by Crippen LogP contribution is 2.22. The van der Waals surface area contributed by atoms with Crippen LogP contribution in [0.1, 0.15) is 59.8 Å². The molecule has 1 fully saturated rings. The summed E-state index contributed by atoms with van der Waals surface area (Å²) < 4.78 is 5.18. The largest absolute Gasteiger partial charge is 0.456 e. The van der Waals surface area contributed by atoms with E-state index in [-0.39, 0.29) is 48.9 Å². The summed E-state index contributed by atoms with van der Waals surface area (Å²) in [6.07, 6.45) is 4.40. The Balaban J connectivity index is 0.00000484. The molecule has 6 heteroatoms. The van der Waals surface area contributed by atoms with Crippen LogP contribution < -0.4 is 5.73 Å². The minimum absolute atomic E-state index is 0. The fourth-order valence-electron chi connectivity index (χ4n) is 3.35. The number of ether oxygens (including phenoxy) is 1. The maximum atomic E-state index is 12.3. The van der Waals surface area contributed by atoms with E-state index < -0.39 is 0 Å². The molecule has 0 aromatic carbocycles. The van der Waals surface area contributed by atoms with Crippen molar-refractivity contribution in [3.05, 3.63) is 0 Å². The Hall–Kier alpha value is -0.810. The highest BCUT2D eigenvalue weighted by atomic mass is 35.5. The number of halogens is 1. The van der Waals surface area contributed by atoms with Gasteiger partial charge < -0.3 is 15.4 Å². The molecule has 1 heterocycles. The van der Waals surface area contributed by atoms with Crippen LogP contribution in [-0.4, -0.2) is 42.0 Å². The monoisotopic (exact) mass is 348 g/mol. The van der Waals surface area contributed by atoms with Crippen molar-refractivity contribution < 1.29 is 14.3 Å². The van der Waals surface area contributed by atoms with Gasteiger partial charge in [0.15, 0.2) is 6.61 Å². The van der Waals surface area contributed by atoms with Crippen LogP contribution in [0.3, 0.4) is 0 Å². The van der Waals surface area contributed by atoms with Crippen LogP contribution in [0, 0.1) is 11.8 Å². The number of likely N-dealkylation sites (tertiary alicyclic amines) is 1. The minimum atomic E-state index is -0.318. The second-order valence-electron chi connectivity index (χ2n) is 7.03. The first-order valence-corrected chi connectivity index (χ1v) is 8.52. The zero-order valence-corrected chi connectivity index (χ0v) is 15.7. The summed E-state index contributed by atoms with van der Waals surface area (Å²) in [4.78, 5) is 26.0. The number of esters is 1. The van der Waals surface area contributed by atoms with Crippen LogP contribution in [0.5, 0.6) is 0 Å². The standard InChI is InChI=1S/C17H32N2O3.ClH/c1-12(2)8-15(10-18)9-17(21)22-11-16(20)19-13(3)6-5-7-14(19)4;/h12-15H,5-11,18H2,1-4H3;1H/t13?,14?,15-;/m0./s1. The second-order valence-corrected chi connectivity index (χ2v) is 7.03. The Morgan fingerprint density at radius 3 is 2.26 bits per heavy atom. The Labute approximate surface area is 146 Å². The van der Waals surface area contributed by atoms with Crippen molar-refractivity contribution in [3.8, 4) is 0 Å². The summed E-state index contributed by atoms with van der Waals surface area (Å²) in [6, 6.07) is 0.459. The van der Waals surface area contributed by atoms with Gasteiger partial charge in [0, 0.05) is 18.5 Å². The van der Waals surface area contributed by atoms with Crippen molar-refractivity contribution in [3.63, 3.8) is 0 Å². The van der Waals surface area contributed by atoms with Crippen molar-refractivity contribution in [1.29, 1.82) is 0 Å². The van der Waals surface area contributed by atoms with Crippen LogP contribution in [-0.2, 0) is 14.3 Å². The minimum Gasteiger partial charge on any atom is -0.456 e. The van der Waals surface area contributed by atoms with E-state index in [4.69, 9.17) is 10.5 Å². The lowest BCUT2D eigenvalue weighted by Gasteiger charge is -2.38. The van der Waals surface area contributed by atoms with Gasteiger partial charge in [-0.15, -0.1) is 12.4 Å². The van der Waals surface area contributed by atoms with Crippen molar-refractivity contribution in [2.24, 2.45) is 17.6 Å². The van der Waals surface area contributed by atoms with Gasteiger partial charge in [0.1, 0.15) is 0 Å². The molecule has 0 aliphatic carbocycles. The molecule has 0 saturated carbocycles. The summed E-state index contributed by atoms with van der Waals surface area (Å²) in [5.41, 5.74) is 5.70. The Bertz CT molecular complexity index is 367. The van der Waals surface area contributed by atoms with Gasteiger partial charge in [-0.3, -0.25) is 9.59 Å². The lowest BCUT2D eigenvalue weighted by atomic mass is 9.94. The van der Waals surface area contributed by atoms with E-state index in [2.05, 4.69) is 27.7 Å². The van der Waals surface area contributed by atoms with Crippen LogP contribution in [0.15, 0.2) is 0 Å². The van der Waals surface area contributed by atoms with E-state index in [1.807, 2.05) is 4.90 Å². The maximum Gasteiger partial charge on any atom is 0.306 e. The van der Waals surface area contributed by atoms with Gasteiger partial charge in [-0.05, 0) is 57.9 Å². The van der Waals surface area contributed by atoms with E-state index in [0.717, 1.165) is 25.7 Å². The molecular weight excluding hydrogens is 316 g/mol. The molecule has 2 unspecified atom stereocenters. The normalized spacial score (nSPS) is 22.4. The smallest absolute Gasteiger partial charge is 0.306 e. The Kier molecular flexibility index (Phi) is 10.5. The van der Waals surface area contributed by atoms with Gasteiger partial charge in [-0.1, -0.05) is 13.8 Å². The van der Waals surface area contributed by atoms with Crippen LogP contribution in [0.2, 0.25) is 0 Å². The molecule has 1 rings (SSSR count). The van der Waals surface area contributed by atoms with E-state index in [9.17, 15) is 9.59 Å². The third kappa shape index (κ3) is 7.53. The number of amides is 1. The molecule has 23 heavy (non-hydrogen) atoms. The number of hydrogen-bond donors (Lipinski definition) is 1. The van der Waals surface area contributed by atoms with Gasteiger partial charge in [0.25, 0.3) is 5.91 Å². The third-order valence-corrected chi connectivity index (χ3v) is 4.43. The lowest BCUT2D eigenvalue weighted by molar-refractivity contribution is -0.155. The zero-order valence-electron chi connectivity index (χ0n) is 14.9. The molecule has 1 saturated heterocycles. The molecule has 3 atom stereocenters. The molecule has 0 aromatic heterocycles. The molecule has 136 valence electrons. The SMILES string of the molecule is CC(C)C[C@H](CN)CC(=O)OCC(=O)N1C(C)CCCC1C.Cl. The van der Waals surface area contributed by atoms with Crippen molar-refractivity contribution in [2.45, 2.75) is 71.9 Å². The van der Waals surface area contributed by atoms with Crippen molar-refractivity contribution in [1.82, 2.24) is 4.90 Å². The number of piperidine rings is 1. The third-order valence-electron chi connectivity index (χ3n) is 4.43. The molecule has 0 aromatic rings. The first-order chi connectivity index (χ1) is 10.3. The summed E-state index contributed by atoms with van der Waals surface area (Å²) in [5.74, 6) is 0.233. The van der Waals surface area contributed by atoms with Crippen LogP contribution in [0.4, 0.5) is 0 Å². The molecule has 1 aliphatic heterocycles. The highest BCUT2D eigenvalue weighted by molar-refractivity contribution is 5.85. The van der Waals surface area contributed by atoms with Crippen LogP contribution in [0.25, 0.3) is 0 Å². The first-order valence-electron chi connectivity index (χ1n) is 8.52. The topological polar surface area (TPSA) is 72.6 Å². The summed E-state index contributed by atoms with van der Waals surface area (Å²) in [7, 11) is 0. The molecule has 0 bridgehead atoms. The number of rotatable bonds is 7. The highest BCUT2D eigenvalue weighted by Gasteiger charge is 2.29. The van der Waals surface area contributed by atoms with Gasteiger partial charge in [0.2, 0.25) is 0 Å². The van der Waals surface area contributed by atoms with Crippen molar-refractivity contribution >= 4 is 24.3 Å². The fraction of sp³-hybridized carbons (Fsp3) is 0.882. The predicted octanol–water partition coefficient (Wildman–Crippen LogP) is 2.75. The van der Waals surface area contributed by atoms with E-state index >= 15 is 0 Å². The summed E-state index contributed by atoms with van der Waals surface area (Å²) >= 11 is 0. The van der Waals surface area contributed by atoms with Gasteiger partial charge >= 0.3 is 5.97 Å². The predicted molar refractivity (Wildman–Crippen MR) is 94.4 cm³/mol. The molecule has 1 amide bonds. The molecule has 0 spiro atoms. The van der Waals surface area contributed by atoms with Crippen LogP contribution >= 0.6 is 12.4 Å². The quantitative estimate of drug-likeness (QED) is 0.718. The number of carbonyl (C=O) groups is 2. The van der Waals surface area contributed by atoms with E-state index in [1.165, 1.54) is 0 Å². The number of nitrogens with zero attached hydrogens (tertiary/aromatic N) is 1. The second kappa shape index (κ2) is 10.9. The van der Waals surface area contributed by atoms with E-state index in [1.54, 1.807) is 0 Å². The molecule has 5 nitrogen and oxygen atoms in total. The molecule has 0 radical (unpaired) electrons. The average molecular weight is 349 g/mol. The average Bonchev–Trinajstić information content (AvgIpc) is 2.43. The fourth-order valence-corrected chi connectivity index (χ4v) is 3.35. The summed E-state index contributed by atoms with van der Waals surface area (Å²) in [5, 5.41) is 0. The Morgan fingerprint density at radius 2 is 1.78 bits per heavy atom. The zero-order chi connectivity index (χ0) is 16.7. The number of hydrogen-bond acceptors (Lipinski definition) is 4. The van der Waals surface area contributed by atoms with Gasteiger partial charge in [0.05, 0.1) is 0 Å². The number of nitrogens with two attached hydrogens (primary N) is 1. The summed E-state index contributed by atoms with van der Waals surface area (Å²) in [6.45, 7) is 8.66. The van der Waals surface area contributed by atoms with Gasteiger partial charge in [-0.25, -0.2) is 0 Å². The Morgan fingerprint density at radius 1 is 1.22 bits per heavy atom. The molecule has 1 aliphatic rings. The van der Waals surface area contributed by atoms with E-state index in [0.29, 0.717) is 18.9 Å². The molecule has 2 N–H and O–H groups in total. The van der Waals surface area contributed by atoms with Crippen molar-refractivity contribution in [2.75, 3.05) is 13.2 Å².